The first-order valence-electron chi connectivity index (χ1n) is 6.33. The minimum atomic E-state index is -4.70. The standard InChI is InChI=1S/C13H14ClF3N2O2/c14-9-12(20)19-6-4-18(5-7-19)10-2-1-3-11(8-10)21-13(15,16)17/h1-3,8H,4-7,9H2. The summed E-state index contributed by atoms with van der Waals surface area (Å²) in [5, 5.41) is 0. The predicted octanol–water partition coefficient (Wildman–Crippen LogP) is 2.47. The van der Waals surface area contributed by atoms with Crippen LogP contribution in [0.25, 0.3) is 0 Å². The van der Waals surface area contributed by atoms with E-state index in [1.807, 2.05) is 4.90 Å². The number of halogens is 4. The number of carbonyl (C=O) groups excluding carboxylic acids is 1. The molecule has 4 nitrogen and oxygen atoms in total. The van der Waals surface area contributed by atoms with Crippen molar-refractivity contribution in [2.75, 3.05) is 37.0 Å². The average molecular weight is 323 g/mol. The number of alkyl halides is 4. The third kappa shape index (κ3) is 4.42. The van der Waals surface area contributed by atoms with Crippen LogP contribution >= 0.6 is 11.6 Å². The van der Waals surface area contributed by atoms with Crippen molar-refractivity contribution in [2.24, 2.45) is 0 Å². The van der Waals surface area contributed by atoms with Gasteiger partial charge in [-0.05, 0) is 12.1 Å². The molecule has 1 heterocycles. The summed E-state index contributed by atoms with van der Waals surface area (Å²) in [6.45, 7) is 2.07. The molecule has 21 heavy (non-hydrogen) atoms. The zero-order valence-electron chi connectivity index (χ0n) is 11.1. The van der Waals surface area contributed by atoms with Gasteiger partial charge in [-0.15, -0.1) is 24.8 Å². The monoisotopic (exact) mass is 322 g/mol. The fourth-order valence-corrected chi connectivity index (χ4v) is 2.34. The molecule has 1 saturated heterocycles. The number of ether oxygens (including phenoxy) is 1. The minimum absolute atomic E-state index is 0.0606. The number of hydrogen-bond donors (Lipinski definition) is 0. The molecule has 1 fully saturated rings. The van der Waals surface area contributed by atoms with Crippen molar-refractivity contribution in [2.45, 2.75) is 6.36 Å². The lowest BCUT2D eigenvalue weighted by Crippen LogP contribution is -2.49. The molecule has 0 bridgehead atoms. The molecule has 0 radical (unpaired) electrons. The molecule has 1 aromatic rings. The van der Waals surface area contributed by atoms with Gasteiger partial charge in [-0.2, -0.15) is 0 Å². The average Bonchev–Trinajstić information content (AvgIpc) is 2.45. The number of benzene rings is 1. The number of rotatable bonds is 3. The van der Waals surface area contributed by atoms with Crippen LogP contribution < -0.4 is 9.64 Å². The highest BCUT2D eigenvalue weighted by molar-refractivity contribution is 6.27. The first-order valence-corrected chi connectivity index (χ1v) is 6.87. The molecule has 0 spiro atoms. The van der Waals surface area contributed by atoms with E-state index in [0.29, 0.717) is 31.9 Å². The zero-order valence-corrected chi connectivity index (χ0v) is 11.8. The Hall–Kier alpha value is -1.63. The maximum Gasteiger partial charge on any atom is 0.573 e. The van der Waals surface area contributed by atoms with Crippen molar-refractivity contribution in [3.05, 3.63) is 24.3 Å². The summed E-state index contributed by atoms with van der Waals surface area (Å²) in [5.74, 6) is -0.445. The molecule has 0 aromatic heterocycles. The summed E-state index contributed by atoms with van der Waals surface area (Å²) >= 11 is 5.49. The van der Waals surface area contributed by atoms with Gasteiger partial charge < -0.3 is 14.5 Å². The second-order valence-corrected chi connectivity index (χ2v) is 4.81. The molecular weight excluding hydrogens is 309 g/mol. The number of carbonyl (C=O) groups is 1. The highest BCUT2D eigenvalue weighted by Crippen LogP contribution is 2.27. The summed E-state index contributed by atoms with van der Waals surface area (Å²) in [6, 6.07) is 5.81. The van der Waals surface area contributed by atoms with E-state index < -0.39 is 6.36 Å². The Morgan fingerprint density at radius 1 is 1.24 bits per heavy atom. The molecule has 1 aliphatic heterocycles. The Bertz CT molecular complexity index is 502. The molecule has 0 aliphatic carbocycles. The van der Waals surface area contributed by atoms with Crippen LogP contribution in [0.15, 0.2) is 24.3 Å². The molecule has 116 valence electrons. The van der Waals surface area contributed by atoms with E-state index in [-0.39, 0.29) is 17.5 Å². The fourth-order valence-electron chi connectivity index (χ4n) is 2.18. The van der Waals surface area contributed by atoms with Gasteiger partial charge in [0.1, 0.15) is 11.6 Å². The van der Waals surface area contributed by atoms with Gasteiger partial charge in [-0.1, -0.05) is 6.07 Å². The van der Waals surface area contributed by atoms with Gasteiger partial charge in [0.15, 0.2) is 0 Å². The Morgan fingerprint density at radius 2 is 1.90 bits per heavy atom. The lowest BCUT2D eigenvalue weighted by molar-refractivity contribution is -0.274. The molecule has 2 rings (SSSR count). The van der Waals surface area contributed by atoms with Gasteiger partial charge in [0, 0.05) is 37.9 Å². The van der Waals surface area contributed by atoms with Crippen LogP contribution in [0.3, 0.4) is 0 Å². The molecular formula is C13H14ClF3N2O2. The summed E-state index contributed by atoms with van der Waals surface area (Å²) in [4.78, 5) is 15.0. The van der Waals surface area contributed by atoms with Gasteiger partial charge in [0.25, 0.3) is 0 Å². The van der Waals surface area contributed by atoms with E-state index in [0.717, 1.165) is 0 Å². The normalized spacial score (nSPS) is 16.0. The van der Waals surface area contributed by atoms with Gasteiger partial charge in [0.05, 0.1) is 0 Å². The Labute approximate surface area is 125 Å². The fraction of sp³-hybridized carbons (Fsp3) is 0.462. The molecule has 1 aliphatic rings. The van der Waals surface area contributed by atoms with Gasteiger partial charge in [-0.3, -0.25) is 4.79 Å². The molecule has 0 atom stereocenters. The van der Waals surface area contributed by atoms with Crippen LogP contribution in [0, 0.1) is 0 Å². The third-order valence-corrected chi connectivity index (χ3v) is 3.39. The number of nitrogens with zero attached hydrogens (tertiary/aromatic N) is 2. The van der Waals surface area contributed by atoms with Crippen LogP contribution in [-0.2, 0) is 4.79 Å². The Kier molecular flexibility index (Phi) is 4.82. The first kappa shape index (κ1) is 15.8. The molecule has 0 saturated carbocycles. The number of amides is 1. The topological polar surface area (TPSA) is 32.8 Å². The second kappa shape index (κ2) is 6.43. The number of piperazine rings is 1. The molecule has 1 aromatic carbocycles. The summed E-state index contributed by atoms with van der Waals surface area (Å²) < 4.78 is 40.5. The molecule has 8 heteroatoms. The van der Waals surface area contributed by atoms with Crippen molar-refractivity contribution in [1.29, 1.82) is 0 Å². The predicted molar refractivity (Wildman–Crippen MR) is 72.6 cm³/mol. The maximum absolute atomic E-state index is 12.2. The van der Waals surface area contributed by atoms with Crippen molar-refractivity contribution < 1.29 is 22.7 Å². The summed E-state index contributed by atoms with van der Waals surface area (Å²) in [6.07, 6.45) is -4.70. The number of anilines is 1. The highest BCUT2D eigenvalue weighted by Gasteiger charge is 2.31. The van der Waals surface area contributed by atoms with Crippen molar-refractivity contribution >= 4 is 23.2 Å². The van der Waals surface area contributed by atoms with Gasteiger partial charge >= 0.3 is 6.36 Å². The second-order valence-electron chi connectivity index (χ2n) is 4.55. The van der Waals surface area contributed by atoms with Crippen LogP contribution in [0.5, 0.6) is 5.75 Å². The smallest absolute Gasteiger partial charge is 0.406 e. The van der Waals surface area contributed by atoms with E-state index in [4.69, 9.17) is 11.6 Å². The van der Waals surface area contributed by atoms with E-state index in [2.05, 4.69) is 4.74 Å². The number of hydrogen-bond acceptors (Lipinski definition) is 3. The third-order valence-electron chi connectivity index (χ3n) is 3.16. The van der Waals surface area contributed by atoms with Crippen LogP contribution in [0.4, 0.5) is 18.9 Å². The van der Waals surface area contributed by atoms with Crippen LogP contribution in [0.2, 0.25) is 0 Å². The SMILES string of the molecule is O=C(CCl)N1CCN(c2cccc(OC(F)(F)F)c2)CC1. The summed E-state index contributed by atoms with van der Waals surface area (Å²) in [5.41, 5.74) is 0.634. The lowest BCUT2D eigenvalue weighted by Gasteiger charge is -2.36. The Morgan fingerprint density at radius 3 is 2.48 bits per heavy atom. The first-order chi connectivity index (χ1) is 9.89. The largest absolute Gasteiger partial charge is 0.573 e. The van der Waals surface area contributed by atoms with E-state index in [1.54, 1.807) is 11.0 Å². The van der Waals surface area contributed by atoms with Gasteiger partial charge in [-0.25, -0.2) is 0 Å². The molecule has 0 unspecified atom stereocenters. The maximum atomic E-state index is 12.2. The van der Waals surface area contributed by atoms with Crippen molar-refractivity contribution in [3.63, 3.8) is 0 Å². The zero-order chi connectivity index (χ0) is 15.5. The van der Waals surface area contributed by atoms with Crippen molar-refractivity contribution in [3.8, 4) is 5.75 Å². The quantitative estimate of drug-likeness (QED) is 0.802. The van der Waals surface area contributed by atoms with E-state index in [1.165, 1.54) is 18.2 Å². The molecule has 0 N–H and O–H groups in total. The van der Waals surface area contributed by atoms with E-state index in [9.17, 15) is 18.0 Å². The minimum Gasteiger partial charge on any atom is -0.406 e. The van der Waals surface area contributed by atoms with E-state index >= 15 is 0 Å². The summed E-state index contributed by atoms with van der Waals surface area (Å²) in [7, 11) is 0. The highest BCUT2D eigenvalue weighted by atomic mass is 35.5. The van der Waals surface area contributed by atoms with Crippen LogP contribution in [0.1, 0.15) is 0 Å². The Balaban J connectivity index is 2.00. The molecule has 1 amide bonds. The van der Waals surface area contributed by atoms with Crippen LogP contribution in [-0.4, -0.2) is 49.2 Å². The van der Waals surface area contributed by atoms with Gasteiger partial charge in [0.2, 0.25) is 5.91 Å². The lowest BCUT2D eigenvalue weighted by atomic mass is 10.2. The van der Waals surface area contributed by atoms with Crippen molar-refractivity contribution in [1.82, 2.24) is 4.90 Å².